The van der Waals surface area contributed by atoms with Crippen LogP contribution in [-0.2, 0) is 17.2 Å². The van der Waals surface area contributed by atoms with Gasteiger partial charge in [-0.05, 0) is 37.8 Å². The highest BCUT2D eigenvalue weighted by molar-refractivity contribution is 6.16. The molecule has 6 heteroatoms. The van der Waals surface area contributed by atoms with Gasteiger partial charge in [0, 0.05) is 13.2 Å². The normalized spacial score (nSPS) is 19.3. The van der Waals surface area contributed by atoms with E-state index in [0.29, 0.717) is 17.9 Å². The minimum atomic E-state index is -0.862. The van der Waals surface area contributed by atoms with Crippen molar-refractivity contribution in [3.63, 3.8) is 0 Å². The molecule has 1 saturated heterocycles. The first kappa shape index (κ1) is 14.7. The van der Waals surface area contributed by atoms with Crippen LogP contribution in [0.15, 0.2) is 12.1 Å². The fraction of sp³-hybridized carbons (Fsp3) is 0.533. The Balaban J connectivity index is 1.90. The first-order chi connectivity index (χ1) is 10.2. The van der Waals surface area contributed by atoms with Gasteiger partial charge < -0.3 is 9.30 Å². The van der Waals surface area contributed by atoms with Gasteiger partial charge in [-0.3, -0.25) is 0 Å². The van der Waals surface area contributed by atoms with E-state index in [0.717, 1.165) is 38.4 Å². The van der Waals surface area contributed by atoms with Crippen LogP contribution in [0.25, 0.3) is 11.0 Å². The lowest BCUT2D eigenvalue weighted by atomic mass is 10.1. The second-order valence-corrected chi connectivity index (χ2v) is 5.59. The van der Waals surface area contributed by atoms with Gasteiger partial charge in [0.2, 0.25) is 0 Å². The topological polar surface area (TPSA) is 27.1 Å². The summed E-state index contributed by atoms with van der Waals surface area (Å²) in [6, 6.07) is 2.58. The van der Waals surface area contributed by atoms with Gasteiger partial charge in [-0.25, -0.2) is 13.8 Å². The molecule has 2 heterocycles. The number of hydrogen-bond donors (Lipinski definition) is 0. The predicted octanol–water partition coefficient (Wildman–Crippen LogP) is 4.01. The van der Waals surface area contributed by atoms with Crippen molar-refractivity contribution in [2.75, 3.05) is 6.61 Å². The number of alkyl halides is 1. The summed E-state index contributed by atoms with van der Waals surface area (Å²) in [4.78, 5) is 4.28. The van der Waals surface area contributed by atoms with Crippen molar-refractivity contribution in [2.24, 2.45) is 0 Å². The largest absolute Gasteiger partial charge is 0.378 e. The molecule has 0 bridgehead atoms. The van der Waals surface area contributed by atoms with Crippen LogP contribution in [0.4, 0.5) is 8.78 Å². The average Bonchev–Trinajstić information content (AvgIpc) is 2.88. The Labute approximate surface area is 126 Å². The van der Waals surface area contributed by atoms with Crippen molar-refractivity contribution in [3.05, 3.63) is 29.6 Å². The Morgan fingerprint density at radius 1 is 1.33 bits per heavy atom. The molecular formula is C15H17ClF2N2O. The highest BCUT2D eigenvalue weighted by Gasteiger charge is 2.19. The van der Waals surface area contributed by atoms with Gasteiger partial charge >= 0.3 is 0 Å². The minimum absolute atomic E-state index is 0.168. The highest BCUT2D eigenvalue weighted by atomic mass is 35.5. The van der Waals surface area contributed by atoms with Crippen LogP contribution in [0.2, 0.25) is 0 Å². The molecule has 0 N–H and O–H groups in total. The average molecular weight is 315 g/mol. The molecule has 114 valence electrons. The molecule has 0 aliphatic carbocycles. The Morgan fingerprint density at radius 2 is 2.19 bits per heavy atom. The second-order valence-electron chi connectivity index (χ2n) is 5.32. The molecular weight excluding hydrogens is 298 g/mol. The molecule has 1 aliphatic rings. The van der Waals surface area contributed by atoms with Crippen LogP contribution >= 0.6 is 11.6 Å². The van der Waals surface area contributed by atoms with Crippen LogP contribution in [0.3, 0.4) is 0 Å². The molecule has 1 unspecified atom stereocenters. The summed E-state index contributed by atoms with van der Waals surface area (Å²) in [6.07, 6.45) is 4.19. The number of rotatable bonds is 4. The van der Waals surface area contributed by atoms with E-state index in [2.05, 4.69) is 4.98 Å². The van der Waals surface area contributed by atoms with Crippen LogP contribution in [0.1, 0.15) is 31.5 Å². The van der Waals surface area contributed by atoms with Crippen molar-refractivity contribution in [1.82, 2.24) is 9.55 Å². The lowest BCUT2D eigenvalue weighted by Gasteiger charge is -2.23. The van der Waals surface area contributed by atoms with E-state index in [-0.39, 0.29) is 17.5 Å². The number of fused-ring (bicyclic) bond motifs is 1. The third-order valence-electron chi connectivity index (χ3n) is 3.95. The molecule has 1 atom stereocenters. The minimum Gasteiger partial charge on any atom is -0.378 e. The molecule has 0 amide bonds. The van der Waals surface area contributed by atoms with E-state index in [4.69, 9.17) is 16.3 Å². The van der Waals surface area contributed by atoms with Crippen molar-refractivity contribution in [2.45, 2.75) is 44.2 Å². The van der Waals surface area contributed by atoms with Gasteiger partial charge in [-0.15, -0.1) is 11.6 Å². The standard InChI is InChI=1S/C15H17ClF2N2O/c16-9-13-19-12-5-4-11(17)14(18)15(12)20(13)7-6-10-3-1-2-8-21-10/h4-5,10H,1-3,6-9H2. The number of hydrogen-bond acceptors (Lipinski definition) is 2. The van der Waals surface area contributed by atoms with Crippen molar-refractivity contribution in [3.8, 4) is 0 Å². The second kappa shape index (κ2) is 6.28. The van der Waals surface area contributed by atoms with E-state index < -0.39 is 11.6 Å². The zero-order chi connectivity index (χ0) is 14.8. The predicted molar refractivity (Wildman–Crippen MR) is 77.4 cm³/mol. The third kappa shape index (κ3) is 2.90. The lowest BCUT2D eigenvalue weighted by Crippen LogP contribution is -2.21. The number of aryl methyl sites for hydroxylation is 1. The molecule has 0 saturated carbocycles. The number of ether oxygens (including phenoxy) is 1. The first-order valence-corrected chi connectivity index (χ1v) is 7.75. The van der Waals surface area contributed by atoms with Crippen LogP contribution in [0.5, 0.6) is 0 Å². The SMILES string of the molecule is Fc1ccc2nc(CCl)n(CCC3CCCCO3)c2c1F. The van der Waals surface area contributed by atoms with E-state index in [9.17, 15) is 8.78 Å². The molecule has 1 fully saturated rings. The third-order valence-corrected chi connectivity index (χ3v) is 4.19. The Bertz CT molecular complexity index is 638. The van der Waals surface area contributed by atoms with Gasteiger partial charge in [0.15, 0.2) is 11.6 Å². The lowest BCUT2D eigenvalue weighted by molar-refractivity contribution is 0.00887. The summed E-state index contributed by atoms with van der Waals surface area (Å²) >= 11 is 5.89. The van der Waals surface area contributed by atoms with Gasteiger partial charge in [0.05, 0.1) is 17.5 Å². The van der Waals surface area contributed by atoms with Gasteiger partial charge in [-0.1, -0.05) is 0 Å². The fourth-order valence-electron chi connectivity index (χ4n) is 2.86. The summed E-state index contributed by atoms with van der Waals surface area (Å²) in [6.45, 7) is 1.31. The number of nitrogens with zero attached hydrogens (tertiary/aromatic N) is 2. The zero-order valence-electron chi connectivity index (χ0n) is 11.6. The Hall–Kier alpha value is -1.20. The summed E-state index contributed by atoms with van der Waals surface area (Å²) in [5.41, 5.74) is 0.635. The van der Waals surface area contributed by atoms with Crippen LogP contribution in [0, 0.1) is 11.6 Å². The summed E-state index contributed by atoms with van der Waals surface area (Å²) < 4.78 is 34.9. The van der Waals surface area contributed by atoms with Gasteiger partial charge in [0.25, 0.3) is 0 Å². The molecule has 0 radical (unpaired) electrons. The first-order valence-electron chi connectivity index (χ1n) is 7.21. The maximum atomic E-state index is 14.1. The molecule has 2 aromatic rings. The monoisotopic (exact) mass is 314 g/mol. The van der Waals surface area contributed by atoms with E-state index >= 15 is 0 Å². The molecule has 1 aromatic heterocycles. The van der Waals surface area contributed by atoms with Gasteiger partial charge in [-0.2, -0.15) is 0 Å². The summed E-state index contributed by atoms with van der Waals surface area (Å²) in [7, 11) is 0. The molecule has 1 aliphatic heterocycles. The molecule has 1 aromatic carbocycles. The molecule has 0 spiro atoms. The zero-order valence-corrected chi connectivity index (χ0v) is 12.4. The van der Waals surface area contributed by atoms with Gasteiger partial charge in [0.1, 0.15) is 11.3 Å². The molecule has 21 heavy (non-hydrogen) atoms. The molecule has 3 nitrogen and oxygen atoms in total. The Morgan fingerprint density at radius 3 is 2.90 bits per heavy atom. The number of aromatic nitrogens is 2. The number of halogens is 3. The number of imidazole rings is 1. The molecule has 3 rings (SSSR count). The van der Waals surface area contributed by atoms with E-state index in [1.54, 1.807) is 4.57 Å². The van der Waals surface area contributed by atoms with E-state index in [1.807, 2.05) is 0 Å². The number of benzene rings is 1. The van der Waals surface area contributed by atoms with Crippen molar-refractivity contribution in [1.29, 1.82) is 0 Å². The van der Waals surface area contributed by atoms with E-state index in [1.165, 1.54) is 6.07 Å². The fourth-order valence-corrected chi connectivity index (χ4v) is 3.06. The highest BCUT2D eigenvalue weighted by Crippen LogP contribution is 2.24. The summed E-state index contributed by atoms with van der Waals surface area (Å²) in [5.74, 6) is -0.993. The smallest absolute Gasteiger partial charge is 0.184 e. The quantitative estimate of drug-likeness (QED) is 0.797. The van der Waals surface area contributed by atoms with Crippen molar-refractivity contribution >= 4 is 22.6 Å². The summed E-state index contributed by atoms with van der Waals surface area (Å²) in [5, 5.41) is 0. The Kier molecular flexibility index (Phi) is 4.40. The van der Waals surface area contributed by atoms with Crippen molar-refractivity contribution < 1.29 is 13.5 Å². The van der Waals surface area contributed by atoms with Crippen LogP contribution < -0.4 is 0 Å². The van der Waals surface area contributed by atoms with Crippen LogP contribution in [-0.4, -0.2) is 22.3 Å². The maximum absolute atomic E-state index is 14.1. The maximum Gasteiger partial charge on any atom is 0.184 e.